The van der Waals surface area contributed by atoms with E-state index >= 15 is 0 Å². The van der Waals surface area contributed by atoms with Gasteiger partial charge in [-0.15, -0.1) is 0 Å². The van der Waals surface area contributed by atoms with Crippen LogP contribution < -0.4 is 19.5 Å². The number of anilines is 1. The first-order valence-electron chi connectivity index (χ1n) is 7.74. The lowest BCUT2D eigenvalue weighted by molar-refractivity contribution is 0.192. The monoisotopic (exact) mass is 318 g/mol. The Kier molecular flexibility index (Phi) is 4.32. The highest BCUT2D eigenvalue weighted by Gasteiger charge is 2.37. The van der Waals surface area contributed by atoms with Gasteiger partial charge < -0.3 is 24.4 Å². The van der Waals surface area contributed by atoms with Gasteiger partial charge in [-0.1, -0.05) is 12.2 Å². The van der Waals surface area contributed by atoms with Crippen molar-refractivity contribution in [3.63, 3.8) is 0 Å². The molecule has 0 spiro atoms. The summed E-state index contributed by atoms with van der Waals surface area (Å²) in [4.78, 5) is 14.6. The summed E-state index contributed by atoms with van der Waals surface area (Å²) in [6.07, 6.45) is 7.31. The molecule has 6 nitrogen and oxygen atoms in total. The molecular formula is C17H22N2O4. The molecule has 0 saturated carbocycles. The van der Waals surface area contributed by atoms with Crippen LogP contribution in [0.3, 0.4) is 0 Å². The van der Waals surface area contributed by atoms with E-state index in [0.717, 1.165) is 19.3 Å². The molecule has 124 valence electrons. The molecule has 2 amide bonds. The van der Waals surface area contributed by atoms with Gasteiger partial charge in [0, 0.05) is 18.2 Å². The Labute approximate surface area is 136 Å². The number of methoxy groups -OCH3 is 3. The zero-order chi connectivity index (χ0) is 16.4. The summed E-state index contributed by atoms with van der Waals surface area (Å²) in [5, 5.41) is 2.95. The van der Waals surface area contributed by atoms with Gasteiger partial charge in [-0.3, -0.25) is 0 Å². The fourth-order valence-electron chi connectivity index (χ4n) is 3.38. The maximum atomic E-state index is 12.7. The Hall–Kier alpha value is -2.37. The van der Waals surface area contributed by atoms with Gasteiger partial charge >= 0.3 is 6.03 Å². The third-order valence-corrected chi connectivity index (χ3v) is 4.46. The summed E-state index contributed by atoms with van der Waals surface area (Å²) in [5.74, 6) is 1.54. The van der Waals surface area contributed by atoms with E-state index in [4.69, 9.17) is 14.2 Å². The van der Waals surface area contributed by atoms with Crippen molar-refractivity contribution in [1.82, 2.24) is 4.90 Å². The SMILES string of the molecule is COc1cc(NC(=O)N2C3C=CCC2CC3)cc(OC)c1OC. The van der Waals surface area contributed by atoms with Crippen LogP contribution in [0, 0.1) is 0 Å². The molecule has 2 aliphatic rings. The third kappa shape index (κ3) is 2.81. The number of ether oxygens (including phenoxy) is 3. The number of benzene rings is 1. The van der Waals surface area contributed by atoms with Gasteiger partial charge in [0.1, 0.15) is 0 Å². The van der Waals surface area contributed by atoms with Crippen molar-refractivity contribution in [2.45, 2.75) is 31.3 Å². The van der Waals surface area contributed by atoms with E-state index in [1.165, 1.54) is 0 Å². The van der Waals surface area contributed by atoms with Crippen molar-refractivity contribution < 1.29 is 19.0 Å². The summed E-state index contributed by atoms with van der Waals surface area (Å²) in [7, 11) is 4.66. The molecule has 2 bridgehead atoms. The van der Waals surface area contributed by atoms with Crippen LogP contribution in [0.2, 0.25) is 0 Å². The summed E-state index contributed by atoms with van der Waals surface area (Å²) in [5.41, 5.74) is 0.624. The molecule has 2 aliphatic heterocycles. The molecule has 1 N–H and O–H groups in total. The quantitative estimate of drug-likeness (QED) is 0.867. The molecule has 1 aromatic rings. The van der Waals surface area contributed by atoms with Crippen molar-refractivity contribution in [2.24, 2.45) is 0 Å². The van der Waals surface area contributed by atoms with Crippen LogP contribution in [-0.2, 0) is 0 Å². The van der Waals surface area contributed by atoms with Crippen LogP contribution >= 0.6 is 0 Å². The molecule has 1 saturated heterocycles. The van der Waals surface area contributed by atoms with E-state index < -0.39 is 0 Å². The van der Waals surface area contributed by atoms with E-state index in [0.29, 0.717) is 29.0 Å². The molecule has 2 unspecified atom stereocenters. The summed E-state index contributed by atoms with van der Waals surface area (Å²) >= 11 is 0. The normalized spacial score (nSPS) is 22.0. The van der Waals surface area contributed by atoms with Crippen LogP contribution in [0.15, 0.2) is 24.3 Å². The zero-order valence-corrected chi connectivity index (χ0v) is 13.7. The van der Waals surface area contributed by atoms with E-state index in [2.05, 4.69) is 17.5 Å². The molecule has 2 atom stereocenters. The van der Waals surface area contributed by atoms with Gasteiger partial charge in [-0.2, -0.15) is 0 Å². The lowest BCUT2D eigenvalue weighted by Gasteiger charge is -2.31. The topological polar surface area (TPSA) is 60.0 Å². The maximum Gasteiger partial charge on any atom is 0.322 e. The lowest BCUT2D eigenvalue weighted by Crippen LogP contribution is -2.44. The maximum absolute atomic E-state index is 12.7. The Balaban J connectivity index is 1.82. The number of nitrogens with zero attached hydrogens (tertiary/aromatic N) is 1. The number of hydrogen-bond donors (Lipinski definition) is 1. The molecule has 0 aromatic heterocycles. The van der Waals surface area contributed by atoms with Crippen molar-refractivity contribution >= 4 is 11.7 Å². The minimum Gasteiger partial charge on any atom is -0.493 e. The molecule has 0 aliphatic carbocycles. The summed E-state index contributed by atoms with van der Waals surface area (Å²) < 4.78 is 15.9. The van der Waals surface area contributed by atoms with Gasteiger partial charge in [-0.25, -0.2) is 4.79 Å². The van der Waals surface area contributed by atoms with E-state index in [1.807, 2.05) is 4.90 Å². The highest BCUT2D eigenvalue weighted by molar-refractivity contribution is 5.91. The standard InChI is InChI=1S/C17H22N2O4/c1-21-14-9-11(10-15(22-2)16(14)23-3)18-17(20)19-12-5-4-6-13(19)8-7-12/h4-5,9-10,12-13H,6-8H2,1-3H3,(H,18,20). The summed E-state index contributed by atoms with van der Waals surface area (Å²) in [6, 6.07) is 3.89. The molecule has 6 heteroatoms. The molecule has 3 rings (SSSR count). The fraction of sp³-hybridized carbons (Fsp3) is 0.471. The molecule has 1 aromatic carbocycles. The average Bonchev–Trinajstić information content (AvgIpc) is 2.83. The number of hydrogen-bond acceptors (Lipinski definition) is 4. The number of carbonyl (C=O) groups excluding carboxylic acids is 1. The fourth-order valence-corrected chi connectivity index (χ4v) is 3.38. The smallest absolute Gasteiger partial charge is 0.322 e. The predicted octanol–water partition coefficient (Wildman–Crippen LogP) is 3.04. The molecule has 0 radical (unpaired) electrons. The third-order valence-electron chi connectivity index (χ3n) is 4.46. The minimum atomic E-state index is -0.0869. The van der Waals surface area contributed by atoms with E-state index in [-0.39, 0.29) is 12.1 Å². The molecular weight excluding hydrogens is 296 g/mol. The summed E-state index contributed by atoms with van der Waals surface area (Å²) in [6.45, 7) is 0. The van der Waals surface area contributed by atoms with Crippen LogP contribution in [0.1, 0.15) is 19.3 Å². The van der Waals surface area contributed by atoms with Crippen molar-refractivity contribution in [3.8, 4) is 17.2 Å². The number of amides is 2. The van der Waals surface area contributed by atoms with Gasteiger partial charge in [0.25, 0.3) is 0 Å². The first kappa shape index (κ1) is 15.5. The largest absolute Gasteiger partial charge is 0.493 e. The van der Waals surface area contributed by atoms with E-state index in [1.54, 1.807) is 33.5 Å². The average molecular weight is 318 g/mol. The number of urea groups is 1. The lowest BCUT2D eigenvalue weighted by atomic mass is 10.1. The zero-order valence-electron chi connectivity index (χ0n) is 13.7. The second-order valence-electron chi connectivity index (χ2n) is 5.71. The van der Waals surface area contributed by atoms with Crippen molar-refractivity contribution in [2.75, 3.05) is 26.6 Å². The number of fused-ring (bicyclic) bond motifs is 2. The highest BCUT2D eigenvalue weighted by atomic mass is 16.5. The van der Waals surface area contributed by atoms with Crippen LogP contribution in [0.4, 0.5) is 10.5 Å². The molecule has 2 heterocycles. The Bertz CT molecular complexity index is 604. The van der Waals surface area contributed by atoms with Gasteiger partial charge in [0.05, 0.1) is 33.1 Å². The van der Waals surface area contributed by atoms with Gasteiger partial charge in [0.15, 0.2) is 11.5 Å². The number of carbonyl (C=O) groups is 1. The van der Waals surface area contributed by atoms with Crippen LogP contribution in [-0.4, -0.2) is 44.3 Å². The Morgan fingerprint density at radius 1 is 1.13 bits per heavy atom. The van der Waals surface area contributed by atoms with E-state index in [9.17, 15) is 4.79 Å². The van der Waals surface area contributed by atoms with Gasteiger partial charge in [-0.05, 0) is 19.3 Å². The van der Waals surface area contributed by atoms with Gasteiger partial charge in [0.2, 0.25) is 5.75 Å². The van der Waals surface area contributed by atoms with Crippen LogP contribution in [0.5, 0.6) is 17.2 Å². The first-order chi connectivity index (χ1) is 11.2. The van der Waals surface area contributed by atoms with Crippen molar-refractivity contribution in [1.29, 1.82) is 0 Å². The number of rotatable bonds is 4. The second-order valence-corrected chi connectivity index (χ2v) is 5.71. The molecule has 1 fully saturated rings. The first-order valence-corrected chi connectivity index (χ1v) is 7.74. The highest BCUT2D eigenvalue weighted by Crippen LogP contribution is 2.40. The Morgan fingerprint density at radius 2 is 1.83 bits per heavy atom. The second kappa shape index (κ2) is 6.40. The molecule has 23 heavy (non-hydrogen) atoms. The predicted molar refractivity (Wildman–Crippen MR) is 87.5 cm³/mol. The number of nitrogens with one attached hydrogen (secondary N) is 1. The minimum absolute atomic E-state index is 0.0869. The van der Waals surface area contributed by atoms with Crippen molar-refractivity contribution in [3.05, 3.63) is 24.3 Å². The Morgan fingerprint density at radius 3 is 2.39 bits per heavy atom. The van der Waals surface area contributed by atoms with Crippen LogP contribution in [0.25, 0.3) is 0 Å².